The third kappa shape index (κ3) is 3.11. The summed E-state index contributed by atoms with van der Waals surface area (Å²) in [5, 5.41) is 0.761. The van der Waals surface area contributed by atoms with Crippen LogP contribution in [0.15, 0.2) is 45.6 Å². The molecule has 2 aliphatic heterocycles. The van der Waals surface area contributed by atoms with E-state index in [-0.39, 0.29) is 28.4 Å². The Hall–Kier alpha value is -2.41. The van der Waals surface area contributed by atoms with Crippen molar-refractivity contribution in [3.05, 3.63) is 79.4 Å². The van der Waals surface area contributed by atoms with Crippen molar-refractivity contribution in [1.29, 1.82) is 0 Å². The molecule has 1 aromatic heterocycles. The largest absolute Gasteiger partial charge is 0.450 e. The van der Waals surface area contributed by atoms with Crippen LogP contribution in [0.5, 0.6) is 0 Å². The van der Waals surface area contributed by atoms with Gasteiger partial charge in [-0.3, -0.25) is 9.59 Å². The lowest BCUT2D eigenvalue weighted by atomic mass is 9.98. The van der Waals surface area contributed by atoms with Gasteiger partial charge in [0.2, 0.25) is 5.76 Å². The van der Waals surface area contributed by atoms with Crippen molar-refractivity contribution < 1.29 is 18.3 Å². The number of amides is 1. The highest BCUT2D eigenvalue weighted by Gasteiger charge is 2.44. The number of rotatable bonds is 3. The van der Waals surface area contributed by atoms with Gasteiger partial charge in [0.25, 0.3) is 5.91 Å². The van der Waals surface area contributed by atoms with Crippen molar-refractivity contribution in [1.82, 2.24) is 4.90 Å². The quantitative estimate of drug-likeness (QED) is 0.568. The Morgan fingerprint density at radius 1 is 1.10 bits per heavy atom. The maximum absolute atomic E-state index is 13.8. The smallest absolute Gasteiger partial charge is 0.291 e. The van der Waals surface area contributed by atoms with E-state index in [1.807, 2.05) is 0 Å². The first kappa shape index (κ1) is 19.5. The second kappa shape index (κ2) is 7.38. The third-order valence-corrected chi connectivity index (χ3v) is 6.35. The molecule has 2 aliphatic rings. The van der Waals surface area contributed by atoms with Gasteiger partial charge in [0.15, 0.2) is 5.43 Å². The molecular weight excluding hydrogens is 432 g/mol. The number of carbonyl (C=O) groups is 1. The normalized spacial score (nSPS) is 20.9. The Labute approximate surface area is 180 Å². The zero-order valence-electron chi connectivity index (χ0n) is 15.7. The maximum atomic E-state index is 13.8. The predicted octanol–water partition coefficient (Wildman–Crippen LogP) is 4.96. The van der Waals surface area contributed by atoms with Crippen molar-refractivity contribution >= 4 is 40.1 Å². The van der Waals surface area contributed by atoms with Crippen LogP contribution in [-0.4, -0.2) is 30.1 Å². The Kier molecular flexibility index (Phi) is 4.81. The maximum Gasteiger partial charge on any atom is 0.291 e. The molecule has 0 aliphatic carbocycles. The van der Waals surface area contributed by atoms with E-state index in [9.17, 15) is 14.0 Å². The summed E-state index contributed by atoms with van der Waals surface area (Å²) in [6.07, 6.45) is 1.61. The molecule has 5 rings (SSSR count). The molecule has 3 heterocycles. The fourth-order valence-electron chi connectivity index (χ4n) is 4.22. The molecule has 0 unspecified atom stereocenters. The fraction of sp³-hybridized carbons (Fsp3) is 0.273. The van der Waals surface area contributed by atoms with Crippen molar-refractivity contribution in [2.45, 2.75) is 25.0 Å². The topological polar surface area (TPSA) is 59.8 Å². The van der Waals surface area contributed by atoms with Gasteiger partial charge in [-0.05, 0) is 48.7 Å². The zero-order valence-corrected chi connectivity index (χ0v) is 17.2. The number of fused-ring (bicyclic) bond motifs is 2. The molecule has 2 aromatic carbocycles. The molecule has 154 valence electrons. The number of nitrogens with zero attached hydrogens (tertiary/aromatic N) is 1. The first-order valence-electron chi connectivity index (χ1n) is 9.58. The average Bonchev–Trinajstić information content (AvgIpc) is 3.33. The summed E-state index contributed by atoms with van der Waals surface area (Å²) < 4.78 is 25.3. The predicted molar refractivity (Wildman–Crippen MR) is 111 cm³/mol. The molecule has 5 nitrogen and oxygen atoms in total. The molecule has 30 heavy (non-hydrogen) atoms. The van der Waals surface area contributed by atoms with Crippen LogP contribution in [-0.2, 0) is 4.74 Å². The summed E-state index contributed by atoms with van der Waals surface area (Å²) in [5.41, 5.74) is 0.525. The van der Waals surface area contributed by atoms with Crippen LogP contribution < -0.4 is 5.43 Å². The Morgan fingerprint density at radius 3 is 2.67 bits per heavy atom. The monoisotopic (exact) mass is 447 g/mol. The van der Waals surface area contributed by atoms with E-state index in [1.54, 1.807) is 23.1 Å². The van der Waals surface area contributed by atoms with Gasteiger partial charge in [0.1, 0.15) is 11.4 Å². The summed E-state index contributed by atoms with van der Waals surface area (Å²) in [6, 6.07) is 7.92. The van der Waals surface area contributed by atoms with Crippen molar-refractivity contribution in [2.24, 2.45) is 0 Å². The first-order valence-corrected chi connectivity index (χ1v) is 10.3. The van der Waals surface area contributed by atoms with E-state index in [1.165, 1.54) is 12.1 Å². The Morgan fingerprint density at radius 2 is 1.93 bits per heavy atom. The minimum atomic E-state index is -0.726. The molecular formula is C22H16Cl2FNO4. The molecule has 1 saturated heterocycles. The number of halogens is 3. The number of ether oxygens (including phenoxy) is 1. The van der Waals surface area contributed by atoms with Gasteiger partial charge in [0.05, 0.1) is 33.1 Å². The third-order valence-electron chi connectivity index (χ3n) is 5.61. The van der Waals surface area contributed by atoms with E-state index >= 15 is 0 Å². The summed E-state index contributed by atoms with van der Waals surface area (Å²) >= 11 is 12.3. The van der Waals surface area contributed by atoms with Gasteiger partial charge in [0, 0.05) is 13.2 Å². The van der Waals surface area contributed by atoms with E-state index in [0.29, 0.717) is 28.8 Å². The van der Waals surface area contributed by atoms with E-state index < -0.39 is 23.2 Å². The van der Waals surface area contributed by atoms with Crippen molar-refractivity contribution in [3.8, 4) is 0 Å². The molecule has 0 spiro atoms. The van der Waals surface area contributed by atoms with Crippen LogP contribution in [0, 0.1) is 5.82 Å². The molecule has 2 atom stereocenters. The number of benzene rings is 2. The first-order chi connectivity index (χ1) is 14.4. The van der Waals surface area contributed by atoms with Gasteiger partial charge in [-0.2, -0.15) is 0 Å². The highest BCUT2D eigenvalue weighted by molar-refractivity contribution is 6.42. The highest BCUT2D eigenvalue weighted by atomic mass is 35.5. The second-order valence-electron chi connectivity index (χ2n) is 7.48. The van der Waals surface area contributed by atoms with Crippen molar-refractivity contribution in [3.63, 3.8) is 0 Å². The molecule has 0 bridgehead atoms. The zero-order chi connectivity index (χ0) is 21.0. The van der Waals surface area contributed by atoms with Crippen LogP contribution in [0.3, 0.4) is 0 Å². The van der Waals surface area contributed by atoms with Gasteiger partial charge < -0.3 is 14.1 Å². The summed E-state index contributed by atoms with van der Waals surface area (Å²) in [6.45, 7) is 0.940. The van der Waals surface area contributed by atoms with Gasteiger partial charge >= 0.3 is 0 Å². The lowest BCUT2D eigenvalue weighted by Gasteiger charge is -2.27. The van der Waals surface area contributed by atoms with Crippen LogP contribution >= 0.6 is 23.2 Å². The van der Waals surface area contributed by atoms with Crippen LogP contribution in [0.2, 0.25) is 10.0 Å². The molecule has 0 N–H and O–H groups in total. The SMILES string of the molecule is O=C1c2oc3ccc(F)cc3c(=O)c2[C@H](c2ccc(Cl)c(Cl)c2)N1C[C@@H]1CCCO1. The molecule has 0 saturated carbocycles. The summed E-state index contributed by atoms with van der Waals surface area (Å²) in [7, 11) is 0. The Balaban J connectivity index is 1.72. The van der Waals surface area contributed by atoms with E-state index in [2.05, 4.69) is 0 Å². The second-order valence-corrected chi connectivity index (χ2v) is 8.30. The van der Waals surface area contributed by atoms with Crippen LogP contribution in [0.25, 0.3) is 11.0 Å². The van der Waals surface area contributed by atoms with Gasteiger partial charge in [-0.1, -0.05) is 29.3 Å². The lowest BCUT2D eigenvalue weighted by molar-refractivity contribution is 0.0486. The fourth-order valence-corrected chi connectivity index (χ4v) is 4.52. The number of carbonyl (C=O) groups excluding carboxylic acids is 1. The van der Waals surface area contributed by atoms with E-state index in [0.717, 1.165) is 18.9 Å². The molecule has 1 amide bonds. The van der Waals surface area contributed by atoms with E-state index in [4.69, 9.17) is 32.4 Å². The standard InChI is InChI=1S/C22H16Cl2FNO4/c23-15-5-3-11(8-16(15)24)19-18-20(27)14-9-12(25)4-6-17(14)30-21(18)22(28)26(19)10-13-2-1-7-29-13/h3-6,8-9,13,19H,1-2,7,10H2/t13-,19-/m0/s1. The minimum absolute atomic E-state index is 0.0341. The molecule has 1 fully saturated rings. The average molecular weight is 448 g/mol. The number of hydrogen-bond acceptors (Lipinski definition) is 4. The van der Waals surface area contributed by atoms with Gasteiger partial charge in [-0.15, -0.1) is 0 Å². The molecule has 8 heteroatoms. The van der Waals surface area contributed by atoms with Crippen LogP contribution in [0.1, 0.15) is 40.6 Å². The van der Waals surface area contributed by atoms with Crippen molar-refractivity contribution in [2.75, 3.05) is 13.2 Å². The minimum Gasteiger partial charge on any atom is -0.450 e. The summed E-state index contributed by atoms with van der Waals surface area (Å²) in [4.78, 5) is 28.2. The lowest BCUT2D eigenvalue weighted by Crippen LogP contribution is -2.36. The Bertz CT molecular complexity index is 1240. The highest BCUT2D eigenvalue weighted by Crippen LogP contribution is 2.40. The number of hydrogen-bond donors (Lipinski definition) is 0. The summed E-state index contributed by atoms with van der Waals surface area (Å²) in [5.74, 6) is -0.991. The van der Waals surface area contributed by atoms with Gasteiger partial charge in [-0.25, -0.2) is 4.39 Å². The molecule has 3 aromatic rings. The molecule has 0 radical (unpaired) electrons. The van der Waals surface area contributed by atoms with Crippen LogP contribution in [0.4, 0.5) is 4.39 Å².